The van der Waals surface area contributed by atoms with Crippen molar-refractivity contribution < 1.29 is 9.84 Å². The second-order valence-corrected chi connectivity index (χ2v) is 7.58. The summed E-state index contributed by atoms with van der Waals surface area (Å²) >= 11 is 0. The average molecular weight is 368 g/mol. The fourth-order valence-electron chi connectivity index (χ4n) is 2.89. The number of likely N-dealkylation sites (N-methyl/N-ethyl adjacent to an activating group) is 1. The smallest absolute Gasteiger partial charge is 0.0899 e. The van der Waals surface area contributed by atoms with Crippen LogP contribution in [-0.2, 0) is 4.74 Å². The van der Waals surface area contributed by atoms with Gasteiger partial charge < -0.3 is 14.7 Å². The monoisotopic (exact) mass is 367 g/mol. The summed E-state index contributed by atoms with van der Waals surface area (Å²) in [7, 11) is 3.93. The van der Waals surface area contributed by atoms with Crippen LogP contribution < -0.4 is 0 Å². The maximum atomic E-state index is 9.68. The van der Waals surface area contributed by atoms with Crippen molar-refractivity contribution in [3.05, 3.63) is 24.3 Å². The molecule has 0 heterocycles. The molecule has 0 aromatic rings. The molecular formula is C23H45NO2. The first-order valence-electron chi connectivity index (χ1n) is 10.9. The van der Waals surface area contributed by atoms with Crippen LogP contribution in [0.4, 0.5) is 0 Å². The first-order valence-corrected chi connectivity index (χ1v) is 10.9. The van der Waals surface area contributed by atoms with Gasteiger partial charge in [-0.1, -0.05) is 69.8 Å². The summed E-state index contributed by atoms with van der Waals surface area (Å²) in [6.45, 7) is 4.16. The van der Waals surface area contributed by atoms with Crippen LogP contribution >= 0.6 is 0 Å². The van der Waals surface area contributed by atoms with E-state index in [0.29, 0.717) is 13.2 Å². The molecule has 0 aliphatic rings. The van der Waals surface area contributed by atoms with E-state index in [1.54, 1.807) is 0 Å². The highest BCUT2D eigenvalue weighted by atomic mass is 16.5. The Labute approximate surface area is 163 Å². The number of nitrogens with zero attached hydrogens (tertiary/aromatic N) is 1. The quantitative estimate of drug-likeness (QED) is 0.233. The topological polar surface area (TPSA) is 32.7 Å². The molecule has 0 amide bonds. The van der Waals surface area contributed by atoms with Crippen LogP contribution in [0.2, 0.25) is 0 Å². The number of rotatable bonds is 19. The number of allylic oxidation sites excluding steroid dienone is 4. The molecule has 26 heavy (non-hydrogen) atoms. The molecule has 0 rings (SSSR count). The Kier molecular flexibility index (Phi) is 20.2. The molecule has 0 fully saturated rings. The van der Waals surface area contributed by atoms with Crippen molar-refractivity contribution in [2.45, 2.75) is 90.1 Å². The minimum Gasteiger partial charge on any atom is -0.389 e. The Bertz CT molecular complexity index is 326. The zero-order valence-electron chi connectivity index (χ0n) is 17.8. The van der Waals surface area contributed by atoms with Crippen LogP contribution in [0.1, 0.15) is 84.0 Å². The van der Waals surface area contributed by atoms with Crippen molar-refractivity contribution in [2.75, 3.05) is 33.9 Å². The molecule has 0 aromatic heterocycles. The van der Waals surface area contributed by atoms with E-state index in [1.807, 2.05) is 19.0 Å². The summed E-state index contributed by atoms with van der Waals surface area (Å²) in [6, 6.07) is 0. The van der Waals surface area contributed by atoms with Gasteiger partial charge in [0.1, 0.15) is 0 Å². The standard InChI is InChI=1S/C23H45NO2/c1-4-5-6-7-8-9-10-11-12-13-14-15-16-17-18-19-20-26-22-23(25)21-24(2)3/h8-9,11-12,23,25H,4-7,10,13-22H2,1-3H3/t23-/m0/s1. The van der Waals surface area contributed by atoms with Gasteiger partial charge in [0.05, 0.1) is 12.7 Å². The Hall–Kier alpha value is -0.640. The van der Waals surface area contributed by atoms with Gasteiger partial charge in [-0.25, -0.2) is 0 Å². The Balaban J connectivity index is 3.20. The van der Waals surface area contributed by atoms with Gasteiger partial charge in [-0.2, -0.15) is 0 Å². The molecule has 154 valence electrons. The summed E-state index contributed by atoms with van der Waals surface area (Å²) in [6.07, 6.45) is 24.1. The summed E-state index contributed by atoms with van der Waals surface area (Å²) in [5, 5.41) is 9.68. The molecule has 3 nitrogen and oxygen atoms in total. The predicted octanol–water partition coefficient (Wildman–Crippen LogP) is 5.74. The molecule has 0 unspecified atom stereocenters. The highest BCUT2D eigenvalue weighted by Crippen LogP contribution is 2.08. The third-order valence-corrected chi connectivity index (χ3v) is 4.38. The zero-order valence-corrected chi connectivity index (χ0v) is 17.8. The minimum atomic E-state index is -0.366. The van der Waals surface area contributed by atoms with E-state index in [-0.39, 0.29) is 6.10 Å². The lowest BCUT2D eigenvalue weighted by atomic mass is 10.1. The first kappa shape index (κ1) is 25.4. The van der Waals surface area contributed by atoms with Crippen LogP contribution in [0.15, 0.2) is 24.3 Å². The fraction of sp³-hybridized carbons (Fsp3) is 0.826. The largest absolute Gasteiger partial charge is 0.389 e. The highest BCUT2D eigenvalue weighted by Gasteiger charge is 2.04. The molecule has 0 spiro atoms. The molecule has 0 radical (unpaired) electrons. The van der Waals surface area contributed by atoms with Crippen LogP contribution in [0.5, 0.6) is 0 Å². The lowest BCUT2D eigenvalue weighted by molar-refractivity contribution is 0.0229. The maximum Gasteiger partial charge on any atom is 0.0899 e. The van der Waals surface area contributed by atoms with Crippen molar-refractivity contribution in [3.63, 3.8) is 0 Å². The normalized spacial score (nSPS) is 13.4. The number of aliphatic hydroxyl groups is 1. The molecule has 0 saturated heterocycles. The maximum absolute atomic E-state index is 9.68. The van der Waals surface area contributed by atoms with E-state index in [0.717, 1.165) is 19.4 Å². The number of ether oxygens (including phenoxy) is 1. The molecular weight excluding hydrogens is 322 g/mol. The van der Waals surface area contributed by atoms with E-state index in [4.69, 9.17) is 4.74 Å². The van der Waals surface area contributed by atoms with Gasteiger partial charge in [-0.05, 0) is 52.6 Å². The van der Waals surface area contributed by atoms with Gasteiger partial charge in [0, 0.05) is 13.2 Å². The first-order chi connectivity index (χ1) is 12.7. The third-order valence-electron chi connectivity index (χ3n) is 4.38. The van der Waals surface area contributed by atoms with Gasteiger partial charge >= 0.3 is 0 Å². The van der Waals surface area contributed by atoms with E-state index >= 15 is 0 Å². The lowest BCUT2D eigenvalue weighted by Gasteiger charge is -2.15. The number of hydrogen-bond donors (Lipinski definition) is 1. The summed E-state index contributed by atoms with van der Waals surface area (Å²) in [5.41, 5.74) is 0. The molecule has 0 bridgehead atoms. The molecule has 0 saturated carbocycles. The average Bonchev–Trinajstić information content (AvgIpc) is 2.60. The van der Waals surface area contributed by atoms with Crippen molar-refractivity contribution in [1.29, 1.82) is 0 Å². The lowest BCUT2D eigenvalue weighted by Crippen LogP contribution is -2.29. The highest BCUT2D eigenvalue weighted by molar-refractivity contribution is 4.92. The van der Waals surface area contributed by atoms with E-state index in [9.17, 15) is 5.11 Å². The summed E-state index contributed by atoms with van der Waals surface area (Å²) in [4.78, 5) is 1.98. The Morgan fingerprint density at radius 1 is 0.808 bits per heavy atom. The fourth-order valence-corrected chi connectivity index (χ4v) is 2.89. The number of hydrogen-bond acceptors (Lipinski definition) is 3. The van der Waals surface area contributed by atoms with E-state index < -0.39 is 0 Å². The predicted molar refractivity (Wildman–Crippen MR) is 115 cm³/mol. The summed E-state index contributed by atoms with van der Waals surface area (Å²) in [5.74, 6) is 0. The molecule has 3 heteroatoms. The van der Waals surface area contributed by atoms with Gasteiger partial charge in [0.2, 0.25) is 0 Å². The molecule has 1 N–H and O–H groups in total. The molecule has 0 aliphatic heterocycles. The third kappa shape index (κ3) is 21.4. The van der Waals surface area contributed by atoms with Crippen LogP contribution in [-0.4, -0.2) is 50.0 Å². The molecule has 0 aromatic carbocycles. The summed E-state index contributed by atoms with van der Waals surface area (Å²) < 4.78 is 5.52. The van der Waals surface area contributed by atoms with Crippen molar-refractivity contribution in [2.24, 2.45) is 0 Å². The number of aliphatic hydroxyl groups excluding tert-OH is 1. The van der Waals surface area contributed by atoms with Gasteiger partial charge in [-0.15, -0.1) is 0 Å². The van der Waals surface area contributed by atoms with E-state index in [2.05, 4.69) is 31.2 Å². The number of unbranched alkanes of at least 4 members (excludes halogenated alkanes) is 9. The van der Waals surface area contributed by atoms with Crippen molar-refractivity contribution >= 4 is 0 Å². The van der Waals surface area contributed by atoms with Gasteiger partial charge in [0.25, 0.3) is 0 Å². The minimum absolute atomic E-state index is 0.366. The Morgan fingerprint density at radius 2 is 1.38 bits per heavy atom. The second-order valence-electron chi connectivity index (χ2n) is 7.58. The van der Waals surface area contributed by atoms with E-state index in [1.165, 1.54) is 64.2 Å². The second kappa shape index (κ2) is 20.7. The molecule has 0 aliphatic carbocycles. The Morgan fingerprint density at radius 3 is 2.00 bits per heavy atom. The van der Waals surface area contributed by atoms with Gasteiger partial charge in [0.15, 0.2) is 0 Å². The van der Waals surface area contributed by atoms with Crippen molar-refractivity contribution in [3.8, 4) is 0 Å². The SMILES string of the molecule is CCCCCC=CCC=CCCCCCCCCOC[C@@H](O)CN(C)C. The molecule has 1 atom stereocenters. The van der Waals surface area contributed by atoms with Gasteiger partial charge in [-0.3, -0.25) is 0 Å². The van der Waals surface area contributed by atoms with Crippen molar-refractivity contribution in [1.82, 2.24) is 4.90 Å². The van der Waals surface area contributed by atoms with Crippen LogP contribution in [0.3, 0.4) is 0 Å². The van der Waals surface area contributed by atoms with Crippen LogP contribution in [0, 0.1) is 0 Å². The van der Waals surface area contributed by atoms with Crippen LogP contribution in [0.25, 0.3) is 0 Å². The zero-order chi connectivity index (χ0) is 19.3.